The third-order valence-corrected chi connectivity index (χ3v) is 6.02. The fraction of sp³-hybridized carbons (Fsp3) is 0.682. The van der Waals surface area contributed by atoms with Crippen LogP contribution in [-0.2, 0) is 15.9 Å². The first kappa shape index (κ1) is 21.1. The highest BCUT2D eigenvalue weighted by atomic mass is 16.6. The Morgan fingerprint density at radius 1 is 1.29 bits per heavy atom. The van der Waals surface area contributed by atoms with Gasteiger partial charge in [-0.05, 0) is 51.5 Å². The molecule has 6 atom stereocenters. The highest BCUT2D eigenvalue weighted by molar-refractivity contribution is 5.70. The number of carbonyl (C=O) groups excluding carboxylic acids is 1. The van der Waals surface area contributed by atoms with Crippen molar-refractivity contribution < 1.29 is 19.4 Å². The number of nitrogens with zero attached hydrogens (tertiary/aromatic N) is 1. The van der Waals surface area contributed by atoms with Gasteiger partial charge in [-0.2, -0.15) is 0 Å². The Labute approximate surface area is 168 Å². The molecule has 1 saturated heterocycles. The fourth-order valence-electron chi connectivity index (χ4n) is 4.95. The van der Waals surface area contributed by atoms with Gasteiger partial charge in [-0.25, -0.2) is 4.79 Å². The van der Waals surface area contributed by atoms with Gasteiger partial charge in [-0.1, -0.05) is 30.3 Å². The molecule has 1 aliphatic heterocycles. The first-order valence-electron chi connectivity index (χ1n) is 10.2. The van der Waals surface area contributed by atoms with Crippen LogP contribution in [0.4, 0.5) is 4.79 Å². The minimum absolute atomic E-state index is 0.0309. The molecule has 28 heavy (non-hydrogen) atoms. The number of rotatable bonds is 6. The lowest BCUT2D eigenvalue weighted by Gasteiger charge is -2.40. The molecule has 1 heterocycles. The minimum atomic E-state index is -0.817. The van der Waals surface area contributed by atoms with Crippen molar-refractivity contribution in [2.24, 2.45) is 17.6 Å². The van der Waals surface area contributed by atoms with Gasteiger partial charge in [0.25, 0.3) is 0 Å². The van der Waals surface area contributed by atoms with Crippen LogP contribution >= 0.6 is 0 Å². The lowest BCUT2D eigenvalue weighted by molar-refractivity contribution is -0.0241. The average molecular weight is 391 g/mol. The summed E-state index contributed by atoms with van der Waals surface area (Å²) >= 11 is 0. The predicted octanol–water partition coefficient (Wildman–Crippen LogP) is 2.58. The molecule has 2 fully saturated rings. The van der Waals surface area contributed by atoms with Gasteiger partial charge in [-0.3, -0.25) is 4.90 Å². The Morgan fingerprint density at radius 2 is 1.96 bits per heavy atom. The molecule has 0 aromatic heterocycles. The van der Waals surface area contributed by atoms with Crippen LogP contribution in [-0.4, -0.2) is 59.6 Å². The van der Waals surface area contributed by atoms with Gasteiger partial charge in [0, 0.05) is 25.1 Å². The van der Waals surface area contributed by atoms with E-state index >= 15 is 0 Å². The van der Waals surface area contributed by atoms with Crippen molar-refractivity contribution in [1.82, 2.24) is 4.90 Å². The number of fused-ring (bicyclic) bond motifs is 2. The molecular weight excluding hydrogens is 356 g/mol. The summed E-state index contributed by atoms with van der Waals surface area (Å²) in [5, 5.41) is 11.2. The van der Waals surface area contributed by atoms with Crippen LogP contribution in [0, 0.1) is 11.8 Å². The molecular formula is C22H34N2O4. The van der Waals surface area contributed by atoms with E-state index in [1.165, 1.54) is 0 Å². The summed E-state index contributed by atoms with van der Waals surface area (Å²) in [4.78, 5) is 14.8. The summed E-state index contributed by atoms with van der Waals surface area (Å²) in [5.74, 6) is 0.385. The predicted molar refractivity (Wildman–Crippen MR) is 108 cm³/mol. The Bertz CT molecular complexity index is 660. The van der Waals surface area contributed by atoms with E-state index in [1.807, 2.05) is 51.1 Å². The lowest BCUT2D eigenvalue weighted by Crippen LogP contribution is -2.57. The maximum absolute atomic E-state index is 13.0. The second-order valence-electron chi connectivity index (χ2n) is 9.15. The number of methoxy groups -OCH3 is 1. The lowest BCUT2D eigenvalue weighted by atomic mass is 9.85. The van der Waals surface area contributed by atoms with E-state index in [1.54, 1.807) is 12.0 Å². The first-order chi connectivity index (χ1) is 13.2. The topological polar surface area (TPSA) is 85.0 Å². The van der Waals surface area contributed by atoms with Crippen molar-refractivity contribution in [2.45, 2.75) is 69.9 Å². The van der Waals surface area contributed by atoms with Crippen molar-refractivity contribution >= 4 is 6.09 Å². The number of hydrogen-bond donors (Lipinski definition) is 2. The molecule has 1 aromatic rings. The zero-order valence-electron chi connectivity index (χ0n) is 17.4. The number of ether oxygens (including phenoxy) is 2. The Hall–Kier alpha value is -1.63. The number of carbonyl (C=O) groups is 1. The average Bonchev–Trinajstić information content (AvgIpc) is 3.16. The van der Waals surface area contributed by atoms with Gasteiger partial charge in [-0.15, -0.1) is 0 Å². The standard InChI is InChI=1S/C22H34N2O4/c1-22(2,3)28-21(26)24-18-11-10-15(16(18)13-27-4)19(24)20(25)17(23)12-14-8-6-5-7-9-14/h5-9,15-20,25H,10-13,23H2,1-4H3. The van der Waals surface area contributed by atoms with Crippen molar-refractivity contribution in [3.05, 3.63) is 35.9 Å². The maximum Gasteiger partial charge on any atom is 0.410 e. The monoisotopic (exact) mass is 390 g/mol. The van der Waals surface area contributed by atoms with Gasteiger partial charge in [0.2, 0.25) is 0 Å². The number of likely N-dealkylation sites (tertiary alicyclic amines) is 1. The fourth-order valence-corrected chi connectivity index (χ4v) is 4.95. The van der Waals surface area contributed by atoms with Crippen LogP contribution in [0.15, 0.2) is 30.3 Å². The van der Waals surface area contributed by atoms with E-state index in [2.05, 4.69) is 0 Å². The Kier molecular flexibility index (Phi) is 6.32. The van der Waals surface area contributed by atoms with E-state index in [4.69, 9.17) is 15.2 Å². The van der Waals surface area contributed by atoms with Crippen molar-refractivity contribution in [3.63, 3.8) is 0 Å². The highest BCUT2D eigenvalue weighted by Crippen LogP contribution is 2.49. The molecule has 1 amide bonds. The Morgan fingerprint density at radius 3 is 2.57 bits per heavy atom. The molecule has 0 radical (unpaired) electrons. The number of aliphatic hydroxyl groups is 1. The zero-order valence-corrected chi connectivity index (χ0v) is 17.4. The van der Waals surface area contributed by atoms with Crippen molar-refractivity contribution in [1.29, 1.82) is 0 Å². The quantitative estimate of drug-likeness (QED) is 0.780. The summed E-state index contributed by atoms with van der Waals surface area (Å²) < 4.78 is 11.1. The van der Waals surface area contributed by atoms with Gasteiger partial charge in [0.15, 0.2) is 0 Å². The van der Waals surface area contributed by atoms with E-state index in [0.29, 0.717) is 13.0 Å². The molecule has 6 nitrogen and oxygen atoms in total. The van der Waals surface area contributed by atoms with Crippen molar-refractivity contribution in [3.8, 4) is 0 Å². The van der Waals surface area contributed by atoms with Gasteiger partial charge in [0.05, 0.1) is 18.8 Å². The number of piperidine rings is 1. The maximum atomic E-state index is 13.0. The number of amides is 1. The van der Waals surface area contributed by atoms with Gasteiger partial charge < -0.3 is 20.3 Å². The summed E-state index contributed by atoms with van der Waals surface area (Å²) in [7, 11) is 1.68. The molecule has 6 heteroatoms. The molecule has 1 aromatic carbocycles. The van der Waals surface area contributed by atoms with Gasteiger partial charge in [0.1, 0.15) is 5.60 Å². The van der Waals surface area contributed by atoms with Gasteiger partial charge >= 0.3 is 6.09 Å². The number of nitrogens with two attached hydrogens (primary N) is 1. The zero-order chi connectivity index (χ0) is 20.5. The van der Waals surface area contributed by atoms with Crippen LogP contribution in [0.25, 0.3) is 0 Å². The SMILES string of the molecule is COCC1C2CCC1N(C(=O)OC(C)(C)C)C2C(O)C(N)Cc1ccccc1. The summed E-state index contributed by atoms with van der Waals surface area (Å²) in [6, 6.07) is 9.14. The molecule has 6 unspecified atom stereocenters. The highest BCUT2D eigenvalue weighted by Gasteiger charge is 2.58. The smallest absolute Gasteiger partial charge is 0.410 e. The molecule has 1 saturated carbocycles. The second-order valence-corrected chi connectivity index (χ2v) is 9.15. The molecule has 156 valence electrons. The molecule has 2 bridgehead atoms. The van der Waals surface area contributed by atoms with E-state index in [-0.39, 0.29) is 30.0 Å². The molecule has 1 aliphatic carbocycles. The Balaban J connectivity index is 1.81. The minimum Gasteiger partial charge on any atom is -0.444 e. The van der Waals surface area contributed by atoms with E-state index in [9.17, 15) is 9.90 Å². The third kappa shape index (κ3) is 4.34. The third-order valence-electron chi connectivity index (χ3n) is 6.02. The molecule has 3 N–H and O–H groups in total. The van der Waals surface area contributed by atoms with E-state index in [0.717, 1.165) is 18.4 Å². The van der Waals surface area contributed by atoms with Crippen LogP contribution in [0.5, 0.6) is 0 Å². The number of benzene rings is 1. The number of aliphatic hydroxyl groups excluding tert-OH is 1. The van der Waals surface area contributed by atoms with Crippen LogP contribution in [0.1, 0.15) is 39.2 Å². The molecule has 0 spiro atoms. The molecule has 2 aliphatic rings. The van der Waals surface area contributed by atoms with Crippen LogP contribution in [0.2, 0.25) is 0 Å². The van der Waals surface area contributed by atoms with Crippen molar-refractivity contribution in [2.75, 3.05) is 13.7 Å². The normalized spacial score (nSPS) is 29.0. The van der Waals surface area contributed by atoms with Crippen LogP contribution in [0.3, 0.4) is 0 Å². The summed E-state index contributed by atoms with van der Waals surface area (Å²) in [5.41, 5.74) is 6.90. The summed E-state index contributed by atoms with van der Waals surface area (Å²) in [6.07, 6.45) is 1.26. The second kappa shape index (κ2) is 8.39. The largest absolute Gasteiger partial charge is 0.444 e. The van der Waals surface area contributed by atoms with E-state index < -0.39 is 17.7 Å². The summed E-state index contributed by atoms with van der Waals surface area (Å²) in [6.45, 7) is 6.15. The van der Waals surface area contributed by atoms with Crippen LogP contribution < -0.4 is 5.73 Å². The first-order valence-corrected chi connectivity index (χ1v) is 10.2. The number of hydrogen-bond acceptors (Lipinski definition) is 5. The molecule has 3 rings (SSSR count).